The molecule has 3 fully saturated rings. The van der Waals surface area contributed by atoms with Crippen molar-refractivity contribution in [2.24, 2.45) is 5.92 Å². The summed E-state index contributed by atoms with van der Waals surface area (Å²) in [6.07, 6.45) is 7.47. The summed E-state index contributed by atoms with van der Waals surface area (Å²) in [7, 11) is 0. The Morgan fingerprint density at radius 2 is 1.72 bits per heavy atom. The van der Waals surface area contributed by atoms with Crippen LogP contribution < -0.4 is 5.32 Å². The molecule has 2 aliphatic carbocycles. The van der Waals surface area contributed by atoms with E-state index in [0.717, 1.165) is 50.0 Å². The highest BCUT2D eigenvalue weighted by Crippen LogP contribution is 2.38. The molecule has 4 rings (SSSR count). The fourth-order valence-corrected chi connectivity index (χ4v) is 4.27. The molecule has 0 atom stereocenters. The summed E-state index contributed by atoms with van der Waals surface area (Å²) in [5.74, 6) is 0.625. The average molecular weight is 343 g/mol. The number of nitrogens with one attached hydrogen (secondary N) is 1. The fourth-order valence-electron chi connectivity index (χ4n) is 4.27. The summed E-state index contributed by atoms with van der Waals surface area (Å²) in [6.45, 7) is 5.65. The lowest BCUT2D eigenvalue weighted by Crippen LogP contribution is -2.48. The molecule has 2 saturated carbocycles. The highest BCUT2D eigenvalue weighted by molar-refractivity contribution is 5.95. The molecule has 0 radical (unpaired) electrons. The number of hydrogen-bond acceptors (Lipinski definition) is 2. The zero-order valence-electron chi connectivity index (χ0n) is 15.4. The van der Waals surface area contributed by atoms with Gasteiger partial charge in [0.15, 0.2) is 0 Å². The fraction of sp³-hybridized carbons (Fsp3) is 0.700. The first-order chi connectivity index (χ1) is 12.0. The standard InChI is InChI=1S/C20H29N3O2/c1-13-12-18(14(2)23(13)17-6-7-17)20(25)22-10-8-16(9-11-22)21-19(24)15-4-3-5-15/h12,15-17H,3-11H2,1-2H3,(H,21,24). The van der Waals surface area contributed by atoms with Gasteiger partial charge in [0.2, 0.25) is 5.91 Å². The number of carbonyl (C=O) groups excluding carboxylic acids is 2. The maximum atomic E-state index is 12.9. The Kier molecular flexibility index (Phi) is 4.34. The molecule has 1 N–H and O–H groups in total. The molecule has 136 valence electrons. The van der Waals surface area contributed by atoms with E-state index in [1.54, 1.807) is 0 Å². The molecule has 5 nitrogen and oxygen atoms in total. The third-order valence-corrected chi connectivity index (χ3v) is 6.23. The van der Waals surface area contributed by atoms with E-state index in [4.69, 9.17) is 0 Å². The topological polar surface area (TPSA) is 54.3 Å². The van der Waals surface area contributed by atoms with Crippen molar-refractivity contribution in [3.63, 3.8) is 0 Å². The second-order valence-electron chi connectivity index (χ2n) is 8.09. The van der Waals surface area contributed by atoms with Gasteiger partial charge in [0.1, 0.15) is 0 Å². The van der Waals surface area contributed by atoms with Crippen LogP contribution in [0.5, 0.6) is 0 Å². The summed E-state index contributed by atoms with van der Waals surface area (Å²) in [4.78, 5) is 27.0. The van der Waals surface area contributed by atoms with Gasteiger partial charge in [-0.05, 0) is 58.4 Å². The minimum atomic E-state index is 0.156. The molecule has 1 aromatic rings. The summed E-state index contributed by atoms with van der Waals surface area (Å²) >= 11 is 0. The van der Waals surface area contributed by atoms with E-state index in [1.165, 1.54) is 25.0 Å². The summed E-state index contributed by atoms with van der Waals surface area (Å²) in [5.41, 5.74) is 3.18. The van der Waals surface area contributed by atoms with Crippen molar-refractivity contribution in [2.45, 2.75) is 70.9 Å². The molecule has 25 heavy (non-hydrogen) atoms. The summed E-state index contributed by atoms with van der Waals surface area (Å²) < 4.78 is 2.33. The van der Waals surface area contributed by atoms with Crippen molar-refractivity contribution >= 4 is 11.8 Å². The van der Waals surface area contributed by atoms with Crippen LogP contribution in [0, 0.1) is 19.8 Å². The van der Waals surface area contributed by atoms with Crippen LogP contribution in [0.1, 0.15) is 72.7 Å². The van der Waals surface area contributed by atoms with Gasteiger partial charge in [0, 0.05) is 42.5 Å². The Labute approximate surface area is 149 Å². The van der Waals surface area contributed by atoms with Gasteiger partial charge in [0.25, 0.3) is 5.91 Å². The number of aromatic nitrogens is 1. The van der Waals surface area contributed by atoms with Crippen molar-refractivity contribution in [1.29, 1.82) is 0 Å². The first-order valence-corrected chi connectivity index (χ1v) is 9.82. The Balaban J connectivity index is 1.35. The molecule has 0 aromatic carbocycles. The average Bonchev–Trinajstić information content (AvgIpc) is 3.31. The number of carbonyl (C=O) groups is 2. The molecular formula is C20H29N3O2. The Morgan fingerprint density at radius 1 is 1.04 bits per heavy atom. The van der Waals surface area contributed by atoms with Crippen molar-refractivity contribution in [3.8, 4) is 0 Å². The number of nitrogens with zero attached hydrogens (tertiary/aromatic N) is 2. The van der Waals surface area contributed by atoms with Crippen LogP contribution in [0.25, 0.3) is 0 Å². The molecule has 5 heteroatoms. The number of aryl methyl sites for hydroxylation is 1. The lowest BCUT2D eigenvalue weighted by molar-refractivity contribution is -0.128. The molecule has 0 unspecified atom stereocenters. The summed E-state index contributed by atoms with van der Waals surface area (Å²) in [6, 6.07) is 2.89. The third kappa shape index (κ3) is 3.21. The van der Waals surface area contributed by atoms with Crippen LogP contribution >= 0.6 is 0 Å². The first-order valence-electron chi connectivity index (χ1n) is 9.82. The van der Waals surface area contributed by atoms with Gasteiger partial charge < -0.3 is 14.8 Å². The molecule has 3 aliphatic rings. The molecule has 0 bridgehead atoms. The molecular weight excluding hydrogens is 314 g/mol. The normalized spacial score (nSPS) is 21.9. The lowest BCUT2D eigenvalue weighted by Gasteiger charge is -2.34. The van der Waals surface area contributed by atoms with E-state index in [-0.39, 0.29) is 23.8 Å². The Morgan fingerprint density at radius 3 is 2.28 bits per heavy atom. The van der Waals surface area contributed by atoms with Crippen molar-refractivity contribution in [1.82, 2.24) is 14.8 Å². The maximum absolute atomic E-state index is 12.9. The first kappa shape index (κ1) is 16.7. The molecule has 1 aromatic heterocycles. The van der Waals surface area contributed by atoms with Crippen LogP contribution in [0.2, 0.25) is 0 Å². The van der Waals surface area contributed by atoms with Gasteiger partial charge in [-0.15, -0.1) is 0 Å². The SMILES string of the molecule is Cc1cc(C(=O)N2CCC(NC(=O)C3CCC3)CC2)c(C)n1C1CC1. The third-order valence-electron chi connectivity index (χ3n) is 6.23. The number of rotatable bonds is 4. The summed E-state index contributed by atoms with van der Waals surface area (Å²) in [5, 5.41) is 3.19. The second kappa shape index (κ2) is 6.50. The molecule has 0 spiro atoms. The number of piperidine rings is 1. The minimum absolute atomic E-state index is 0.156. The highest BCUT2D eigenvalue weighted by atomic mass is 16.2. The zero-order valence-corrected chi connectivity index (χ0v) is 15.4. The highest BCUT2D eigenvalue weighted by Gasteiger charge is 2.32. The van der Waals surface area contributed by atoms with E-state index >= 15 is 0 Å². The van der Waals surface area contributed by atoms with Gasteiger partial charge >= 0.3 is 0 Å². The van der Waals surface area contributed by atoms with Gasteiger partial charge in [-0.2, -0.15) is 0 Å². The predicted molar refractivity (Wildman–Crippen MR) is 96.6 cm³/mol. The Hall–Kier alpha value is -1.78. The molecule has 1 aliphatic heterocycles. The number of hydrogen-bond donors (Lipinski definition) is 1. The van der Waals surface area contributed by atoms with Gasteiger partial charge in [0.05, 0.1) is 5.56 Å². The van der Waals surface area contributed by atoms with Crippen LogP contribution in [0.3, 0.4) is 0 Å². The van der Waals surface area contributed by atoms with Crippen LogP contribution in [-0.4, -0.2) is 40.4 Å². The predicted octanol–water partition coefficient (Wildman–Crippen LogP) is 2.96. The quantitative estimate of drug-likeness (QED) is 0.914. The van der Waals surface area contributed by atoms with Gasteiger partial charge in [-0.3, -0.25) is 9.59 Å². The van der Waals surface area contributed by atoms with E-state index in [1.807, 2.05) is 4.90 Å². The minimum Gasteiger partial charge on any atom is -0.353 e. The van der Waals surface area contributed by atoms with E-state index in [9.17, 15) is 9.59 Å². The van der Waals surface area contributed by atoms with Crippen molar-refractivity contribution in [2.75, 3.05) is 13.1 Å². The molecule has 1 saturated heterocycles. The van der Waals surface area contributed by atoms with Crippen molar-refractivity contribution in [3.05, 3.63) is 23.0 Å². The number of likely N-dealkylation sites (tertiary alicyclic amines) is 1. The lowest BCUT2D eigenvalue weighted by atomic mass is 9.84. The second-order valence-corrected chi connectivity index (χ2v) is 8.09. The monoisotopic (exact) mass is 343 g/mol. The number of amides is 2. The van der Waals surface area contributed by atoms with Crippen LogP contribution in [-0.2, 0) is 4.79 Å². The Bertz CT molecular complexity index is 677. The van der Waals surface area contributed by atoms with Crippen LogP contribution in [0.4, 0.5) is 0 Å². The van der Waals surface area contributed by atoms with Gasteiger partial charge in [-0.25, -0.2) is 0 Å². The van der Waals surface area contributed by atoms with E-state index in [2.05, 4.69) is 29.8 Å². The van der Waals surface area contributed by atoms with E-state index in [0.29, 0.717) is 6.04 Å². The zero-order chi connectivity index (χ0) is 17.6. The smallest absolute Gasteiger partial charge is 0.255 e. The van der Waals surface area contributed by atoms with E-state index < -0.39 is 0 Å². The molecule has 2 heterocycles. The van der Waals surface area contributed by atoms with Crippen molar-refractivity contribution < 1.29 is 9.59 Å². The largest absolute Gasteiger partial charge is 0.353 e. The molecule has 2 amide bonds. The van der Waals surface area contributed by atoms with Crippen LogP contribution in [0.15, 0.2) is 6.07 Å². The maximum Gasteiger partial charge on any atom is 0.255 e. The van der Waals surface area contributed by atoms with Gasteiger partial charge in [-0.1, -0.05) is 6.42 Å².